The zero-order valence-electron chi connectivity index (χ0n) is 17.4. The highest BCUT2D eigenvalue weighted by atomic mass is 32.1. The fourth-order valence-corrected chi connectivity index (χ4v) is 4.87. The van der Waals surface area contributed by atoms with E-state index in [0.29, 0.717) is 17.2 Å². The van der Waals surface area contributed by atoms with Gasteiger partial charge in [-0.05, 0) is 62.4 Å². The topological polar surface area (TPSA) is 71.2 Å². The van der Waals surface area contributed by atoms with Crippen molar-refractivity contribution in [2.75, 3.05) is 7.05 Å². The Hall–Kier alpha value is -3.04. The number of ether oxygens (including phenoxy) is 1. The highest BCUT2D eigenvalue weighted by Gasteiger charge is 2.23. The molecular formula is C24H24N4OS. The summed E-state index contributed by atoms with van der Waals surface area (Å²) in [6.45, 7) is 3.90. The lowest BCUT2D eigenvalue weighted by atomic mass is 9.81. The first-order valence-corrected chi connectivity index (χ1v) is 11.0. The van der Waals surface area contributed by atoms with Crippen LogP contribution in [0.25, 0.3) is 21.1 Å². The Bertz CT molecular complexity index is 1130. The minimum absolute atomic E-state index is 0.0157. The molecule has 5 nitrogen and oxygen atoms in total. The van der Waals surface area contributed by atoms with Crippen LogP contribution in [0.2, 0.25) is 0 Å². The van der Waals surface area contributed by atoms with Gasteiger partial charge in [0.05, 0.1) is 11.7 Å². The summed E-state index contributed by atoms with van der Waals surface area (Å²) >= 11 is 1.56. The SMILES string of the molecule is C/N=C\C1CCCc2c(-c3nnc(-c4ccc(OC(C)C)c(C#N)c4)s3)cccc21. The van der Waals surface area contributed by atoms with Crippen LogP contribution in [0.1, 0.15) is 49.3 Å². The predicted molar refractivity (Wildman–Crippen MR) is 121 cm³/mol. The van der Waals surface area contributed by atoms with Crippen molar-refractivity contribution in [3.8, 4) is 33.0 Å². The molecule has 1 unspecified atom stereocenters. The van der Waals surface area contributed by atoms with Gasteiger partial charge >= 0.3 is 0 Å². The molecule has 0 spiro atoms. The number of aromatic nitrogens is 2. The van der Waals surface area contributed by atoms with E-state index < -0.39 is 0 Å². The second kappa shape index (κ2) is 8.76. The lowest BCUT2D eigenvalue weighted by Gasteiger charge is -2.24. The average molecular weight is 417 g/mol. The summed E-state index contributed by atoms with van der Waals surface area (Å²) in [7, 11) is 1.84. The highest BCUT2D eigenvalue weighted by molar-refractivity contribution is 7.17. The third kappa shape index (κ3) is 3.99. The number of hydrogen-bond acceptors (Lipinski definition) is 6. The minimum atomic E-state index is 0.0157. The van der Waals surface area contributed by atoms with Crippen LogP contribution in [0, 0.1) is 11.3 Å². The second-order valence-corrected chi connectivity index (χ2v) is 8.66. The van der Waals surface area contributed by atoms with Gasteiger partial charge in [-0.15, -0.1) is 10.2 Å². The lowest BCUT2D eigenvalue weighted by molar-refractivity contribution is 0.242. The summed E-state index contributed by atoms with van der Waals surface area (Å²) in [5.41, 5.74) is 5.26. The van der Waals surface area contributed by atoms with E-state index in [2.05, 4.69) is 45.7 Å². The molecule has 1 aliphatic carbocycles. The molecule has 2 aromatic carbocycles. The molecule has 0 aliphatic heterocycles. The molecule has 152 valence electrons. The van der Waals surface area contributed by atoms with Crippen LogP contribution in [0.5, 0.6) is 5.75 Å². The average Bonchev–Trinajstić information content (AvgIpc) is 3.24. The van der Waals surface area contributed by atoms with Crippen LogP contribution in [-0.4, -0.2) is 29.6 Å². The summed E-state index contributed by atoms with van der Waals surface area (Å²) < 4.78 is 5.73. The van der Waals surface area contributed by atoms with E-state index >= 15 is 0 Å². The smallest absolute Gasteiger partial charge is 0.148 e. The highest BCUT2D eigenvalue weighted by Crippen LogP contribution is 2.39. The summed E-state index contributed by atoms with van der Waals surface area (Å²) in [5.74, 6) is 0.972. The van der Waals surface area contributed by atoms with E-state index in [4.69, 9.17) is 4.74 Å². The first-order chi connectivity index (χ1) is 14.6. The van der Waals surface area contributed by atoms with Gasteiger partial charge in [-0.2, -0.15) is 5.26 Å². The number of rotatable bonds is 5. The predicted octanol–water partition coefficient (Wildman–Crippen LogP) is 5.65. The molecule has 0 radical (unpaired) electrons. The molecule has 30 heavy (non-hydrogen) atoms. The van der Waals surface area contributed by atoms with Crippen molar-refractivity contribution in [3.05, 3.63) is 53.1 Å². The summed E-state index contributed by atoms with van der Waals surface area (Å²) in [6.07, 6.45) is 5.40. The van der Waals surface area contributed by atoms with Gasteiger partial charge in [-0.1, -0.05) is 29.5 Å². The van der Waals surface area contributed by atoms with Gasteiger partial charge in [0.1, 0.15) is 21.8 Å². The second-order valence-electron chi connectivity index (χ2n) is 7.68. The largest absolute Gasteiger partial charge is 0.490 e. The van der Waals surface area contributed by atoms with Gasteiger partial charge in [0.2, 0.25) is 0 Å². The van der Waals surface area contributed by atoms with Crippen molar-refractivity contribution in [1.29, 1.82) is 5.26 Å². The van der Waals surface area contributed by atoms with Crippen LogP contribution in [0.4, 0.5) is 0 Å². The normalized spacial score (nSPS) is 15.9. The van der Waals surface area contributed by atoms with E-state index in [-0.39, 0.29) is 6.10 Å². The van der Waals surface area contributed by atoms with Crippen LogP contribution < -0.4 is 4.74 Å². The molecule has 0 fully saturated rings. The summed E-state index contributed by atoms with van der Waals surface area (Å²) in [4.78, 5) is 4.26. The van der Waals surface area contributed by atoms with E-state index in [1.165, 1.54) is 11.1 Å². The number of benzene rings is 2. The fraction of sp³-hybridized carbons (Fsp3) is 0.333. The van der Waals surface area contributed by atoms with E-state index in [1.54, 1.807) is 11.3 Å². The molecule has 6 heteroatoms. The molecule has 1 heterocycles. The summed E-state index contributed by atoms with van der Waals surface area (Å²) in [5, 5.41) is 20.1. The van der Waals surface area contributed by atoms with Crippen molar-refractivity contribution < 1.29 is 4.74 Å². The molecular weight excluding hydrogens is 392 g/mol. The zero-order chi connectivity index (χ0) is 21.1. The van der Waals surface area contributed by atoms with Crippen molar-refractivity contribution in [1.82, 2.24) is 10.2 Å². The van der Waals surface area contributed by atoms with Crippen LogP contribution in [-0.2, 0) is 6.42 Å². The van der Waals surface area contributed by atoms with E-state index in [0.717, 1.165) is 40.4 Å². The Labute approximate surface area is 181 Å². The van der Waals surface area contributed by atoms with E-state index in [9.17, 15) is 5.26 Å². The van der Waals surface area contributed by atoms with E-state index in [1.807, 2.05) is 39.1 Å². The van der Waals surface area contributed by atoms with Crippen LogP contribution in [0.15, 0.2) is 41.4 Å². The minimum Gasteiger partial charge on any atom is -0.490 e. The molecule has 1 atom stereocenters. The van der Waals surface area contributed by atoms with Gasteiger partial charge in [0.25, 0.3) is 0 Å². The van der Waals surface area contributed by atoms with Crippen LogP contribution in [0.3, 0.4) is 0 Å². The summed E-state index contributed by atoms with van der Waals surface area (Å²) in [6, 6.07) is 14.3. The first kappa shape index (κ1) is 20.2. The first-order valence-electron chi connectivity index (χ1n) is 10.2. The number of fused-ring (bicyclic) bond motifs is 1. The van der Waals surface area contributed by atoms with Gasteiger partial charge < -0.3 is 9.73 Å². The Morgan fingerprint density at radius 2 is 2.07 bits per heavy atom. The number of nitrogens with zero attached hydrogens (tertiary/aromatic N) is 4. The third-order valence-electron chi connectivity index (χ3n) is 5.25. The molecule has 3 aromatic rings. The molecule has 0 N–H and O–H groups in total. The van der Waals surface area contributed by atoms with Gasteiger partial charge in [0.15, 0.2) is 0 Å². The van der Waals surface area contributed by atoms with Gasteiger partial charge in [-0.25, -0.2) is 0 Å². The van der Waals surface area contributed by atoms with Crippen LogP contribution >= 0.6 is 11.3 Å². The zero-order valence-corrected chi connectivity index (χ0v) is 18.2. The van der Waals surface area contributed by atoms with Crippen molar-refractivity contribution >= 4 is 17.6 Å². The maximum atomic E-state index is 9.51. The number of hydrogen-bond donors (Lipinski definition) is 0. The quantitative estimate of drug-likeness (QED) is 0.504. The Morgan fingerprint density at radius 1 is 1.23 bits per heavy atom. The maximum absolute atomic E-state index is 9.51. The maximum Gasteiger partial charge on any atom is 0.148 e. The molecule has 0 saturated carbocycles. The molecule has 0 bridgehead atoms. The molecule has 1 aromatic heterocycles. The molecule has 4 rings (SSSR count). The van der Waals surface area contributed by atoms with Gasteiger partial charge in [-0.3, -0.25) is 0 Å². The van der Waals surface area contributed by atoms with Crippen molar-refractivity contribution in [2.24, 2.45) is 4.99 Å². The monoisotopic (exact) mass is 416 g/mol. The van der Waals surface area contributed by atoms with Crippen molar-refractivity contribution in [3.63, 3.8) is 0 Å². The number of aliphatic imine (C=N–C) groups is 1. The van der Waals surface area contributed by atoms with Gasteiger partial charge in [0, 0.05) is 30.3 Å². The Kier molecular flexibility index (Phi) is 5.91. The molecule has 0 amide bonds. The molecule has 0 saturated heterocycles. The fourth-order valence-electron chi connectivity index (χ4n) is 3.98. The van der Waals surface area contributed by atoms with Crippen molar-refractivity contribution in [2.45, 2.75) is 45.1 Å². The Balaban J connectivity index is 1.69. The third-order valence-corrected chi connectivity index (χ3v) is 6.25. The molecule has 1 aliphatic rings. The Morgan fingerprint density at radius 3 is 2.83 bits per heavy atom. The lowest BCUT2D eigenvalue weighted by Crippen LogP contribution is -2.12. The number of nitriles is 1. The standard InChI is InChI=1S/C24H24N4OS/c1-15(2)29-22-11-10-16(12-18(22)13-25)23-27-28-24(30-23)21-9-5-7-19-17(14-26-3)6-4-8-20(19)21/h5,7,9-12,14-15,17H,4,6,8H2,1-3H3/b26-14-.